The van der Waals surface area contributed by atoms with Crippen molar-refractivity contribution >= 4 is 18.0 Å². The smallest absolute Gasteiger partial charge is 0.407 e. The van der Waals surface area contributed by atoms with Crippen molar-refractivity contribution in [1.29, 1.82) is 0 Å². The molecule has 182 valence electrons. The van der Waals surface area contributed by atoms with Crippen LogP contribution in [0.1, 0.15) is 42.5 Å². The van der Waals surface area contributed by atoms with E-state index < -0.39 is 30.1 Å². The van der Waals surface area contributed by atoms with Crippen molar-refractivity contribution in [2.24, 2.45) is 0 Å². The number of carboxylic acids is 1. The molecule has 0 spiro atoms. The Labute approximate surface area is 202 Å². The largest absolute Gasteiger partial charge is 0.480 e. The maximum absolute atomic E-state index is 12.8. The van der Waals surface area contributed by atoms with Gasteiger partial charge in [0.05, 0.1) is 6.33 Å². The number of imidazole rings is 1. The Balaban J connectivity index is 1.38. The Morgan fingerprint density at radius 2 is 1.69 bits per heavy atom. The van der Waals surface area contributed by atoms with Crippen LogP contribution < -0.4 is 10.6 Å². The third kappa shape index (κ3) is 5.51. The summed E-state index contributed by atoms with van der Waals surface area (Å²) < 4.78 is 5.54. The van der Waals surface area contributed by atoms with Crippen LogP contribution in [0.5, 0.6) is 0 Å². The van der Waals surface area contributed by atoms with E-state index in [1.165, 1.54) is 12.5 Å². The second-order valence-corrected chi connectivity index (χ2v) is 8.49. The molecule has 0 saturated heterocycles. The Morgan fingerprint density at radius 1 is 1.03 bits per heavy atom. The molecule has 9 heteroatoms. The average Bonchev–Trinajstić information content (AvgIpc) is 3.48. The zero-order valence-electron chi connectivity index (χ0n) is 19.4. The first kappa shape index (κ1) is 24.0. The van der Waals surface area contributed by atoms with Crippen LogP contribution in [0.3, 0.4) is 0 Å². The van der Waals surface area contributed by atoms with E-state index in [9.17, 15) is 19.5 Å². The fraction of sp³-hybridized carbons (Fsp3) is 0.308. The van der Waals surface area contributed by atoms with E-state index in [0.717, 1.165) is 22.3 Å². The second-order valence-electron chi connectivity index (χ2n) is 8.49. The van der Waals surface area contributed by atoms with Gasteiger partial charge in [-0.05, 0) is 28.7 Å². The summed E-state index contributed by atoms with van der Waals surface area (Å²) in [6, 6.07) is 14.0. The predicted octanol–water partition coefficient (Wildman–Crippen LogP) is 3.23. The van der Waals surface area contributed by atoms with Crippen molar-refractivity contribution in [3.63, 3.8) is 0 Å². The lowest BCUT2D eigenvalue weighted by Gasteiger charge is -2.21. The summed E-state index contributed by atoms with van der Waals surface area (Å²) in [5, 5.41) is 14.6. The summed E-state index contributed by atoms with van der Waals surface area (Å²) >= 11 is 0. The minimum absolute atomic E-state index is 0.0465. The minimum Gasteiger partial charge on any atom is -0.480 e. The van der Waals surface area contributed by atoms with Gasteiger partial charge in [-0.2, -0.15) is 0 Å². The molecule has 2 amide bonds. The van der Waals surface area contributed by atoms with Crippen LogP contribution in [0.4, 0.5) is 4.79 Å². The van der Waals surface area contributed by atoms with Gasteiger partial charge in [0.2, 0.25) is 5.91 Å². The first-order chi connectivity index (χ1) is 17.0. The lowest BCUT2D eigenvalue weighted by atomic mass is 9.98. The van der Waals surface area contributed by atoms with Gasteiger partial charge in [-0.3, -0.25) is 4.79 Å². The number of aliphatic carboxylic acids is 1. The number of rotatable bonds is 10. The molecule has 0 saturated carbocycles. The van der Waals surface area contributed by atoms with Crippen molar-refractivity contribution in [3.05, 3.63) is 77.9 Å². The summed E-state index contributed by atoms with van der Waals surface area (Å²) in [6.45, 7) is 2.00. The average molecular weight is 477 g/mol. The van der Waals surface area contributed by atoms with Gasteiger partial charge in [-0.15, -0.1) is 0 Å². The SMILES string of the molecule is CCCC(NC(=O)OCC1c2ccccc2-c2ccccc21)C(=O)N[C@@H](Cc1cnc[nH]1)C(=O)O. The van der Waals surface area contributed by atoms with Crippen LogP contribution in [0.25, 0.3) is 11.1 Å². The highest BCUT2D eigenvalue weighted by molar-refractivity contribution is 5.89. The number of aromatic amines is 1. The summed E-state index contributed by atoms with van der Waals surface area (Å²) in [7, 11) is 0. The number of fused-ring (bicyclic) bond motifs is 3. The number of benzene rings is 2. The van der Waals surface area contributed by atoms with Crippen LogP contribution in [0.15, 0.2) is 61.1 Å². The van der Waals surface area contributed by atoms with Gasteiger partial charge in [0, 0.05) is 24.2 Å². The summed E-state index contributed by atoms with van der Waals surface area (Å²) in [5.74, 6) is -1.85. The van der Waals surface area contributed by atoms with Gasteiger partial charge in [0.25, 0.3) is 0 Å². The van der Waals surface area contributed by atoms with Gasteiger partial charge in [0.15, 0.2) is 0 Å². The van der Waals surface area contributed by atoms with Crippen LogP contribution in [0.2, 0.25) is 0 Å². The molecule has 0 fully saturated rings. The molecule has 1 aromatic heterocycles. The molecule has 1 aliphatic carbocycles. The summed E-state index contributed by atoms with van der Waals surface area (Å²) in [6.07, 6.45) is 3.22. The molecule has 0 radical (unpaired) electrons. The number of amides is 2. The number of ether oxygens (including phenoxy) is 1. The van der Waals surface area contributed by atoms with Crippen molar-refractivity contribution in [1.82, 2.24) is 20.6 Å². The number of hydrogen-bond acceptors (Lipinski definition) is 5. The Kier molecular flexibility index (Phi) is 7.45. The van der Waals surface area contributed by atoms with Crippen molar-refractivity contribution in [2.75, 3.05) is 6.61 Å². The number of alkyl carbamates (subject to hydrolysis) is 1. The topological polar surface area (TPSA) is 133 Å². The molecule has 0 bridgehead atoms. The maximum Gasteiger partial charge on any atom is 0.407 e. The first-order valence-corrected chi connectivity index (χ1v) is 11.6. The zero-order chi connectivity index (χ0) is 24.8. The monoisotopic (exact) mass is 476 g/mol. The standard InChI is InChI=1S/C26H28N4O5/c1-2-7-22(24(31)29-23(25(32)33)12-16-13-27-15-28-16)30-26(34)35-14-21-19-10-5-3-8-17(19)18-9-4-6-11-20(18)21/h3-6,8-11,13,15,21-23H,2,7,12,14H2,1H3,(H,27,28)(H,29,31)(H,30,34)(H,32,33)/t22?,23-/m0/s1. The van der Waals surface area contributed by atoms with Crippen molar-refractivity contribution in [2.45, 2.75) is 44.2 Å². The Morgan fingerprint density at radius 3 is 2.26 bits per heavy atom. The van der Waals surface area contributed by atoms with E-state index in [4.69, 9.17) is 4.74 Å². The highest BCUT2D eigenvalue weighted by atomic mass is 16.5. The van der Waals surface area contributed by atoms with E-state index >= 15 is 0 Å². The second kappa shape index (κ2) is 10.9. The molecular formula is C26H28N4O5. The normalized spacial score (nSPS) is 13.9. The van der Waals surface area contributed by atoms with E-state index in [1.54, 1.807) is 0 Å². The molecule has 1 aliphatic rings. The molecule has 4 N–H and O–H groups in total. The molecule has 9 nitrogen and oxygen atoms in total. The van der Waals surface area contributed by atoms with E-state index in [2.05, 4.69) is 32.7 Å². The predicted molar refractivity (Wildman–Crippen MR) is 129 cm³/mol. The molecule has 1 heterocycles. The molecular weight excluding hydrogens is 448 g/mol. The molecule has 0 aliphatic heterocycles. The van der Waals surface area contributed by atoms with E-state index in [-0.39, 0.29) is 18.9 Å². The number of aromatic nitrogens is 2. The number of H-pyrrole nitrogens is 1. The van der Waals surface area contributed by atoms with Gasteiger partial charge >= 0.3 is 12.1 Å². The Hall–Kier alpha value is -4.14. The van der Waals surface area contributed by atoms with Crippen molar-refractivity contribution < 1.29 is 24.2 Å². The van der Waals surface area contributed by atoms with Crippen LogP contribution in [-0.2, 0) is 20.7 Å². The molecule has 3 aromatic rings. The Bertz CT molecular complexity index is 1150. The molecule has 2 aromatic carbocycles. The maximum atomic E-state index is 12.8. The van der Waals surface area contributed by atoms with Crippen LogP contribution in [-0.4, -0.2) is 51.7 Å². The zero-order valence-corrected chi connectivity index (χ0v) is 19.4. The highest BCUT2D eigenvalue weighted by Gasteiger charge is 2.30. The van der Waals surface area contributed by atoms with E-state index in [0.29, 0.717) is 18.5 Å². The molecule has 35 heavy (non-hydrogen) atoms. The lowest BCUT2D eigenvalue weighted by molar-refractivity contribution is -0.142. The molecule has 1 unspecified atom stereocenters. The number of hydrogen-bond donors (Lipinski definition) is 4. The number of carbonyl (C=O) groups excluding carboxylic acids is 2. The van der Waals surface area contributed by atoms with Crippen molar-refractivity contribution in [3.8, 4) is 11.1 Å². The lowest BCUT2D eigenvalue weighted by Crippen LogP contribution is -2.52. The summed E-state index contributed by atoms with van der Waals surface area (Å²) in [5.41, 5.74) is 5.00. The third-order valence-corrected chi connectivity index (χ3v) is 6.12. The van der Waals surface area contributed by atoms with Gasteiger partial charge in [-0.1, -0.05) is 61.9 Å². The number of carbonyl (C=O) groups is 3. The van der Waals surface area contributed by atoms with Crippen LogP contribution in [0, 0.1) is 0 Å². The van der Waals surface area contributed by atoms with Gasteiger partial charge in [-0.25, -0.2) is 14.6 Å². The third-order valence-electron chi connectivity index (χ3n) is 6.12. The number of nitrogens with one attached hydrogen (secondary N) is 3. The van der Waals surface area contributed by atoms with Crippen LogP contribution >= 0.6 is 0 Å². The van der Waals surface area contributed by atoms with E-state index in [1.807, 2.05) is 43.3 Å². The quantitative estimate of drug-likeness (QED) is 0.355. The fourth-order valence-electron chi connectivity index (χ4n) is 4.43. The molecule has 4 rings (SSSR count). The number of carboxylic acid groups (broad SMARTS) is 1. The van der Waals surface area contributed by atoms with Gasteiger partial charge in [0.1, 0.15) is 18.7 Å². The summed E-state index contributed by atoms with van der Waals surface area (Å²) in [4.78, 5) is 43.8. The highest BCUT2D eigenvalue weighted by Crippen LogP contribution is 2.44. The van der Waals surface area contributed by atoms with Gasteiger partial charge < -0.3 is 25.5 Å². The fourth-order valence-corrected chi connectivity index (χ4v) is 4.43. The molecule has 2 atom stereocenters. The minimum atomic E-state index is -1.18. The first-order valence-electron chi connectivity index (χ1n) is 11.6. The number of nitrogens with zero attached hydrogens (tertiary/aromatic N) is 1.